The van der Waals surface area contributed by atoms with Gasteiger partial charge in [0, 0.05) is 17.8 Å². The normalized spacial score (nSPS) is 22.2. The average Bonchev–Trinajstić information content (AvgIpc) is 2.59. The lowest BCUT2D eigenvalue weighted by atomic mass is 9.55. The lowest BCUT2D eigenvalue weighted by molar-refractivity contribution is -0.133. The van der Waals surface area contributed by atoms with E-state index in [1.807, 2.05) is 38.1 Å². The highest BCUT2D eigenvalue weighted by atomic mass is 16.1. The van der Waals surface area contributed by atoms with Gasteiger partial charge in [-0.15, -0.1) is 6.58 Å². The van der Waals surface area contributed by atoms with Crippen LogP contribution in [-0.4, -0.2) is 5.78 Å². The first-order chi connectivity index (χ1) is 11.4. The number of hydrogen-bond donors (Lipinski definition) is 0. The second-order valence-electron chi connectivity index (χ2n) is 7.08. The van der Waals surface area contributed by atoms with Gasteiger partial charge in [-0.05, 0) is 31.7 Å². The van der Waals surface area contributed by atoms with Crippen LogP contribution in [0.3, 0.4) is 0 Å². The molecular formula is C21H24N2O. The Hall–Kier alpha value is -2.39. The van der Waals surface area contributed by atoms with Crippen molar-refractivity contribution in [3.8, 4) is 12.1 Å². The third-order valence-electron chi connectivity index (χ3n) is 5.39. The first-order valence-electron chi connectivity index (χ1n) is 8.47. The minimum Gasteiger partial charge on any atom is -0.299 e. The first-order valence-corrected chi connectivity index (χ1v) is 8.47. The Morgan fingerprint density at radius 3 is 2.42 bits per heavy atom. The lowest BCUT2D eigenvalue weighted by Crippen LogP contribution is -2.44. The van der Waals surface area contributed by atoms with Gasteiger partial charge in [-0.25, -0.2) is 0 Å². The number of benzene rings is 1. The molecule has 1 aromatic carbocycles. The van der Waals surface area contributed by atoms with E-state index in [9.17, 15) is 15.3 Å². The maximum Gasteiger partial charge on any atom is 0.154 e. The molecule has 0 amide bonds. The van der Waals surface area contributed by atoms with E-state index in [1.165, 1.54) is 0 Å². The van der Waals surface area contributed by atoms with E-state index in [2.05, 4.69) is 18.7 Å². The van der Waals surface area contributed by atoms with Crippen molar-refractivity contribution in [2.24, 2.45) is 10.8 Å². The van der Waals surface area contributed by atoms with Crippen molar-refractivity contribution in [1.82, 2.24) is 0 Å². The van der Waals surface area contributed by atoms with Gasteiger partial charge in [0.25, 0.3) is 0 Å². The van der Waals surface area contributed by atoms with Crippen LogP contribution < -0.4 is 0 Å². The summed E-state index contributed by atoms with van der Waals surface area (Å²) in [4.78, 5) is 12.8. The fraction of sp³-hybridized carbons (Fsp3) is 0.476. The van der Waals surface area contributed by atoms with Crippen LogP contribution in [0.25, 0.3) is 0 Å². The molecule has 1 aliphatic rings. The van der Waals surface area contributed by atoms with E-state index in [4.69, 9.17) is 0 Å². The summed E-state index contributed by atoms with van der Waals surface area (Å²) < 4.78 is 0. The smallest absolute Gasteiger partial charge is 0.154 e. The molecule has 24 heavy (non-hydrogen) atoms. The molecule has 1 fully saturated rings. The Balaban J connectivity index is 2.68. The second-order valence-corrected chi connectivity index (χ2v) is 7.08. The quantitative estimate of drug-likeness (QED) is 0.729. The Kier molecular flexibility index (Phi) is 5.25. The van der Waals surface area contributed by atoms with Gasteiger partial charge in [0.05, 0.1) is 12.1 Å². The van der Waals surface area contributed by atoms with E-state index >= 15 is 0 Å². The van der Waals surface area contributed by atoms with Gasteiger partial charge in [0.15, 0.2) is 5.41 Å². The summed E-state index contributed by atoms with van der Waals surface area (Å²) in [5, 5.41) is 19.8. The molecule has 2 atom stereocenters. The molecule has 3 heteroatoms. The van der Waals surface area contributed by atoms with E-state index in [0.29, 0.717) is 12.8 Å². The first kappa shape index (κ1) is 18.0. The molecule has 0 spiro atoms. The highest BCUT2D eigenvalue weighted by Crippen LogP contribution is 2.54. The highest BCUT2D eigenvalue weighted by molar-refractivity contribution is 5.86. The van der Waals surface area contributed by atoms with Crippen molar-refractivity contribution in [2.75, 3.05) is 0 Å². The van der Waals surface area contributed by atoms with Gasteiger partial charge in [-0.2, -0.15) is 10.5 Å². The molecular weight excluding hydrogens is 296 g/mol. The van der Waals surface area contributed by atoms with E-state index in [0.717, 1.165) is 24.0 Å². The Bertz CT molecular complexity index is 691. The molecule has 0 heterocycles. The zero-order chi connectivity index (χ0) is 17.8. The number of Topliss-reactive ketones (excluding diaryl/α,β-unsaturated/α-hetero) is 1. The third-order valence-corrected chi connectivity index (χ3v) is 5.39. The maximum atomic E-state index is 12.8. The molecule has 1 saturated carbocycles. The molecule has 0 aliphatic heterocycles. The van der Waals surface area contributed by atoms with Gasteiger partial charge in [0.2, 0.25) is 0 Å². The zero-order valence-electron chi connectivity index (χ0n) is 14.5. The number of rotatable bonds is 5. The molecule has 0 saturated heterocycles. The molecule has 0 N–H and O–H groups in total. The maximum absolute atomic E-state index is 12.8. The van der Waals surface area contributed by atoms with Crippen molar-refractivity contribution in [3.05, 3.63) is 48.0 Å². The van der Waals surface area contributed by atoms with Crippen LogP contribution in [0.5, 0.6) is 0 Å². The number of nitriles is 2. The standard InChI is InChI=1S/C21H24N2O/c1-4-12-21(14-22,15-23)19(17-10-8-16(2)9-11-17)20(3)13-6-5-7-18(20)24/h4,8-11,19H,1,5-7,12-13H2,2-3H3/t19-,20+/m1/s1. The molecule has 0 unspecified atom stereocenters. The van der Waals surface area contributed by atoms with Crippen LogP contribution in [-0.2, 0) is 4.79 Å². The van der Waals surface area contributed by atoms with Crippen LogP contribution in [0, 0.1) is 40.4 Å². The summed E-state index contributed by atoms with van der Waals surface area (Å²) in [5.74, 6) is -0.287. The zero-order valence-corrected chi connectivity index (χ0v) is 14.5. The largest absolute Gasteiger partial charge is 0.299 e. The van der Waals surface area contributed by atoms with Crippen LogP contribution in [0.15, 0.2) is 36.9 Å². The van der Waals surface area contributed by atoms with Gasteiger partial charge in [-0.1, -0.05) is 49.2 Å². The number of nitrogens with zero attached hydrogens (tertiary/aromatic N) is 2. The Labute approximate surface area is 144 Å². The average molecular weight is 320 g/mol. The van der Waals surface area contributed by atoms with Gasteiger partial charge < -0.3 is 0 Å². The molecule has 0 bridgehead atoms. The number of allylic oxidation sites excluding steroid dienone is 1. The molecule has 1 aromatic rings. The Morgan fingerprint density at radius 1 is 1.29 bits per heavy atom. The van der Waals surface area contributed by atoms with Crippen LogP contribution in [0.4, 0.5) is 0 Å². The molecule has 0 aromatic heterocycles. The summed E-state index contributed by atoms with van der Waals surface area (Å²) in [5.41, 5.74) is 0.0324. The molecule has 2 rings (SSSR count). The predicted octanol–water partition coefficient (Wildman–Crippen LogP) is 4.84. The Morgan fingerprint density at radius 2 is 1.92 bits per heavy atom. The van der Waals surface area contributed by atoms with Crippen molar-refractivity contribution in [1.29, 1.82) is 10.5 Å². The topological polar surface area (TPSA) is 64.7 Å². The van der Waals surface area contributed by atoms with E-state index in [-0.39, 0.29) is 12.2 Å². The molecule has 1 aliphatic carbocycles. The van der Waals surface area contributed by atoms with Gasteiger partial charge >= 0.3 is 0 Å². The monoisotopic (exact) mass is 320 g/mol. The fourth-order valence-electron chi connectivity index (χ4n) is 4.05. The summed E-state index contributed by atoms with van der Waals surface area (Å²) in [6, 6.07) is 12.3. The molecule has 0 radical (unpaired) electrons. The van der Waals surface area contributed by atoms with Crippen molar-refractivity contribution in [2.45, 2.75) is 51.9 Å². The van der Waals surface area contributed by atoms with E-state index in [1.54, 1.807) is 6.08 Å². The van der Waals surface area contributed by atoms with Gasteiger partial charge in [-0.3, -0.25) is 4.79 Å². The predicted molar refractivity (Wildman–Crippen MR) is 94.0 cm³/mol. The number of ketones is 1. The number of carbonyl (C=O) groups is 1. The van der Waals surface area contributed by atoms with E-state index < -0.39 is 16.7 Å². The summed E-state index contributed by atoms with van der Waals surface area (Å²) in [6.07, 6.45) is 4.95. The molecule has 124 valence electrons. The summed E-state index contributed by atoms with van der Waals surface area (Å²) >= 11 is 0. The lowest BCUT2D eigenvalue weighted by Gasteiger charge is -2.44. The summed E-state index contributed by atoms with van der Waals surface area (Å²) in [7, 11) is 0. The van der Waals surface area contributed by atoms with Crippen LogP contribution in [0.2, 0.25) is 0 Å². The van der Waals surface area contributed by atoms with Crippen LogP contribution >= 0.6 is 0 Å². The highest BCUT2D eigenvalue weighted by Gasteiger charge is 2.53. The summed E-state index contributed by atoms with van der Waals surface area (Å²) in [6.45, 7) is 7.67. The van der Waals surface area contributed by atoms with Crippen molar-refractivity contribution >= 4 is 5.78 Å². The SMILES string of the molecule is C=CCC(C#N)(C#N)[C@H](c1ccc(C)cc1)[C@@]1(C)CCCCC1=O. The van der Waals surface area contributed by atoms with Gasteiger partial charge in [0.1, 0.15) is 5.78 Å². The minimum absolute atomic E-state index is 0.165. The second kappa shape index (κ2) is 7.02. The number of carbonyl (C=O) groups excluding carboxylic acids is 1. The van der Waals surface area contributed by atoms with Crippen molar-refractivity contribution in [3.63, 3.8) is 0 Å². The molecule has 3 nitrogen and oxygen atoms in total. The number of hydrogen-bond acceptors (Lipinski definition) is 3. The fourth-order valence-corrected chi connectivity index (χ4v) is 4.05. The van der Waals surface area contributed by atoms with Crippen LogP contribution in [0.1, 0.15) is 56.1 Å². The third kappa shape index (κ3) is 3.00. The minimum atomic E-state index is -1.28. The van der Waals surface area contributed by atoms with Crippen molar-refractivity contribution < 1.29 is 4.79 Å². The number of aryl methyl sites for hydroxylation is 1.